The average Bonchev–Trinajstić information content (AvgIpc) is 2.65. The van der Waals surface area contributed by atoms with Gasteiger partial charge in [0.15, 0.2) is 0 Å². The van der Waals surface area contributed by atoms with Gasteiger partial charge in [0.1, 0.15) is 0 Å². The molecular weight excluding hydrogens is 340 g/mol. The lowest BCUT2D eigenvalue weighted by Gasteiger charge is -2.44. The topological polar surface area (TPSA) is 9.23 Å². The molecule has 0 aromatic rings. The zero-order valence-electron chi connectivity index (χ0n) is 19.7. The van der Waals surface area contributed by atoms with E-state index in [-0.39, 0.29) is 5.60 Å². The van der Waals surface area contributed by atoms with Gasteiger partial charge in [0.25, 0.3) is 0 Å². The summed E-state index contributed by atoms with van der Waals surface area (Å²) in [6, 6.07) is 0. The van der Waals surface area contributed by atoms with Gasteiger partial charge in [-0.3, -0.25) is 0 Å². The maximum Gasteiger partial charge on any atom is 0.0858 e. The highest BCUT2D eigenvalue weighted by molar-refractivity contribution is 5.30. The molecule has 0 bridgehead atoms. The maximum absolute atomic E-state index is 6.68. The smallest absolute Gasteiger partial charge is 0.0858 e. The number of allylic oxidation sites excluding steroid dienone is 4. The molecule has 0 aromatic carbocycles. The van der Waals surface area contributed by atoms with Crippen molar-refractivity contribution in [1.82, 2.24) is 0 Å². The van der Waals surface area contributed by atoms with E-state index in [4.69, 9.17) is 4.74 Å². The number of fused-ring (bicyclic) bond motifs is 1. The monoisotopic (exact) mass is 386 g/mol. The van der Waals surface area contributed by atoms with Crippen LogP contribution in [-0.2, 0) is 4.74 Å². The van der Waals surface area contributed by atoms with Crippen LogP contribution in [0.1, 0.15) is 112 Å². The van der Waals surface area contributed by atoms with Crippen molar-refractivity contribution in [3.63, 3.8) is 0 Å². The molecule has 4 atom stereocenters. The van der Waals surface area contributed by atoms with Crippen molar-refractivity contribution < 1.29 is 4.74 Å². The summed E-state index contributed by atoms with van der Waals surface area (Å²) in [5.41, 5.74) is 4.65. The molecule has 0 radical (unpaired) electrons. The summed E-state index contributed by atoms with van der Waals surface area (Å²) >= 11 is 0. The van der Waals surface area contributed by atoms with E-state index in [0.29, 0.717) is 12.0 Å². The lowest BCUT2D eigenvalue weighted by atomic mass is 9.78. The van der Waals surface area contributed by atoms with Crippen molar-refractivity contribution in [2.45, 2.75) is 124 Å². The zero-order valence-corrected chi connectivity index (χ0v) is 19.7. The van der Waals surface area contributed by atoms with Gasteiger partial charge in [-0.1, -0.05) is 75.8 Å². The van der Waals surface area contributed by atoms with Crippen molar-refractivity contribution in [2.75, 3.05) is 0 Å². The molecule has 1 fully saturated rings. The van der Waals surface area contributed by atoms with Gasteiger partial charge in [-0.2, -0.15) is 0 Å². The highest BCUT2D eigenvalue weighted by Gasteiger charge is 2.38. The Morgan fingerprint density at radius 1 is 1.25 bits per heavy atom. The normalized spacial score (nSPS) is 29.1. The van der Waals surface area contributed by atoms with Gasteiger partial charge in [0.2, 0.25) is 0 Å². The molecule has 0 N–H and O–H groups in total. The van der Waals surface area contributed by atoms with Crippen LogP contribution in [0.2, 0.25) is 0 Å². The Morgan fingerprint density at radius 3 is 2.79 bits per heavy atom. The van der Waals surface area contributed by atoms with Gasteiger partial charge in [-0.25, -0.2) is 0 Å². The molecule has 1 heteroatoms. The molecule has 2 aliphatic rings. The number of hydrogen-bond donors (Lipinski definition) is 0. The Hall–Kier alpha value is -0.820. The number of hydrogen-bond acceptors (Lipinski definition) is 1. The highest BCUT2D eigenvalue weighted by atomic mass is 16.5. The molecular formula is C27H46O. The molecule has 28 heavy (non-hydrogen) atoms. The van der Waals surface area contributed by atoms with Crippen LogP contribution in [0.5, 0.6) is 0 Å². The molecule has 160 valence electrons. The second-order valence-electron chi connectivity index (χ2n) is 10.0. The molecule has 0 saturated carbocycles. The summed E-state index contributed by atoms with van der Waals surface area (Å²) in [5.74, 6) is 1.35. The van der Waals surface area contributed by atoms with Crippen LogP contribution in [0, 0.1) is 11.8 Å². The summed E-state index contributed by atoms with van der Waals surface area (Å²) < 4.78 is 6.68. The second kappa shape index (κ2) is 11.4. The van der Waals surface area contributed by atoms with E-state index in [2.05, 4.69) is 59.8 Å². The van der Waals surface area contributed by atoms with Crippen LogP contribution in [0.15, 0.2) is 34.9 Å². The van der Waals surface area contributed by atoms with Gasteiger partial charge in [-0.15, -0.1) is 0 Å². The molecule has 4 unspecified atom stereocenters. The van der Waals surface area contributed by atoms with Crippen molar-refractivity contribution in [3.8, 4) is 0 Å². The van der Waals surface area contributed by atoms with Crippen LogP contribution in [0.3, 0.4) is 0 Å². The predicted molar refractivity (Wildman–Crippen MR) is 124 cm³/mol. The van der Waals surface area contributed by atoms with Crippen LogP contribution < -0.4 is 0 Å². The van der Waals surface area contributed by atoms with E-state index in [0.717, 1.165) is 5.92 Å². The van der Waals surface area contributed by atoms with E-state index in [1.54, 1.807) is 5.57 Å². The number of unbranched alkanes of at least 4 members (excludes halogenated alkanes) is 2. The molecule has 0 amide bonds. The average molecular weight is 387 g/mol. The van der Waals surface area contributed by atoms with E-state index in [9.17, 15) is 0 Å². The summed E-state index contributed by atoms with van der Waals surface area (Å²) in [7, 11) is 0. The Balaban J connectivity index is 1.68. The Morgan fingerprint density at radius 2 is 2.04 bits per heavy atom. The maximum atomic E-state index is 6.68. The van der Waals surface area contributed by atoms with Crippen LogP contribution in [0.4, 0.5) is 0 Å². The van der Waals surface area contributed by atoms with Crippen LogP contribution in [-0.4, -0.2) is 11.7 Å². The number of rotatable bonds is 11. The first-order chi connectivity index (χ1) is 13.3. The second-order valence-corrected chi connectivity index (χ2v) is 10.0. The molecule has 2 rings (SSSR count). The van der Waals surface area contributed by atoms with Gasteiger partial charge in [0.05, 0.1) is 11.7 Å². The first-order valence-electron chi connectivity index (χ1n) is 12.1. The lowest BCUT2D eigenvalue weighted by molar-refractivity contribution is -0.112. The molecule has 0 aromatic heterocycles. The van der Waals surface area contributed by atoms with Gasteiger partial charge in [-0.05, 0) is 77.2 Å². The molecule has 1 nitrogen and oxygen atoms in total. The standard InChI is InChI=1S/C27H46O/c1-7-8-9-12-21(2)13-10-14-22(3)15-11-19-27(6)20-18-25-17-16-23(4)24(5)26(25)28-27/h13,16-17,22,24,26H,7-12,14-15,18-20H2,1-6H3/b21-13+. The van der Waals surface area contributed by atoms with Crippen LogP contribution >= 0.6 is 0 Å². The number of ether oxygens (including phenoxy) is 1. The van der Waals surface area contributed by atoms with E-state index >= 15 is 0 Å². The fourth-order valence-corrected chi connectivity index (χ4v) is 4.75. The molecule has 1 aliphatic carbocycles. The minimum Gasteiger partial charge on any atom is -0.367 e. The van der Waals surface area contributed by atoms with Gasteiger partial charge < -0.3 is 4.74 Å². The van der Waals surface area contributed by atoms with Crippen molar-refractivity contribution >= 4 is 0 Å². The van der Waals surface area contributed by atoms with Crippen molar-refractivity contribution in [2.24, 2.45) is 11.8 Å². The molecule has 1 saturated heterocycles. The third-order valence-electron chi connectivity index (χ3n) is 7.18. The fourth-order valence-electron chi connectivity index (χ4n) is 4.75. The summed E-state index contributed by atoms with van der Waals surface area (Å²) in [5, 5.41) is 0. The highest BCUT2D eigenvalue weighted by Crippen LogP contribution is 2.41. The van der Waals surface area contributed by atoms with E-state index in [1.807, 2.05) is 0 Å². The minimum absolute atomic E-state index is 0.0728. The quantitative estimate of drug-likeness (QED) is 0.255. The molecule has 1 heterocycles. The van der Waals surface area contributed by atoms with Crippen LogP contribution in [0.25, 0.3) is 0 Å². The summed E-state index contributed by atoms with van der Waals surface area (Å²) in [6.45, 7) is 14.0. The van der Waals surface area contributed by atoms with Crippen molar-refractivity contribution in [3.05, 3.63) is 34.9 Å². The predicted octanol–water partition coefficient (Wildman–Crippen LogP) is 8.56. The largest absolute Gasteiger partial charge is 0.367 e. The first-order valence-corrected chi connectivity index (χ1v) is 12.1. The van der Waals surface area contributed by atoms with Gasteiger partial charge in [0, 0.05) is 5.92 Å². The Bertz CT molecular complexity index is 567. The Labute approximate surface area is 175 Å². The van der Waals surface area contributed by atoms with E-state index < -0.39 is 0 Å². The van der Waals surface area contributed by atoms with Crippen molar-refractivity contribution in [1.29, 1.82) is 0 Å². The minimum atomic E-state index is 0.0728. The summed E-state index contributed by atoms with van der Waals surface area (Å²) in [4.78, 5) is 0. The fraction of sp³-hybridized carbons (Fsp3) is 0.778. The summed E-state index contributed by atoms with van der Waals surface area (Å²) in [6.07, 6.45) is 21.6. The van der Waals surface area contributed by atoms with E-state index in [1.165, 1.54) is 81.8 Å². The Kier molecular flexibility index (Phi) is 9.54. The lowest BCUT2D eigenvalue weighted by Crippen LogP contribution is -2.43. The first kappa shape index (κ1) is 23.5. The SMILES string of the molecule is CCCCC/C(C)=C/CCC(C)CCCC1(C)CCC2=CC=C(C)C(C)C2O1. The molecule has 1 aliphatic heterocycles. The third kappa shape index (κ3) is 7.21. The molecule has 0 spiro atoms. The zero-order chi connectivity index (χ0) is 20.6. The third-order valence-corrected chi connectivity index (χ3v) is 7.18. The van der Waals surface area contributed by atoms with Gasteiger partial charge >= 0.3 is 0 Å².